The van der Waals surface area contributed by atoms with Crippen LogP contribution in [-0.2, 0) is 148 Å². The summed E-state index contributed by atoms with van der Waals surface area (Å²) in [5, 5.41) is 11.8. The number of ether oxygens (including phenoxy) is 18. The Morgan fingerprint density at radius 1 is 0.403 bits per heavy atom. The molecule has 798 valence electrons. The molecule has 0 saturated carbocycles. The van der Waals surface area contributed by atoms with E-state index in [0.717, 1.165) is 32.0 Å². The number of carbonyl (C=O) groups is 14. The lowest BCUT2D eigenvalue weighted by molar-refractivity contribution is -0.175. The van der Waals surface area contributed by atoms with Crippen LogP contribution in [0.25, 0.3) is 0 Å². The summed E-state index contributed by atoms with van der Waals surface area (Å²) in [6.07, 6.45) is 2.15. The molecule has 0 saturated heterocycles. The van der Waals surface area contributed by atoms with Gasteiger partial charge in [-0.2, -0.15) is 0 Å². The third-order valence-corrected chi connectivity index (χ3v) is 39.2. The Bertz CT molecular complexity index is 3950. The number of amides is 1. The number of unbranched alkanes of at least 4 members (excludes halogenated alkanes) is 2. The van der Waals surface area contributed by atoms with E-state index in [9.17, 15) is 43.5 Å². The van der Waals surface area contributed by atoms with Crippen molar-refractivity contribution in [1.82, 2.24) is 5.32 Å². The minimum atomic E-state index is -1.95. The van der Waals surface area contributed by atoms with Crippen LogP contribution in [0.4, 0.5) is 4.79 Å². The van der Waals surface area contributed by atoms with Crippen molar-refractivity contribution < 1.29 is 157 Å². The maximum absolute atomic E-state index is 15.7. The van der Waals surface area contributed by atoms with Crippen LogP contribution in [-0.4, -0.2) is 272 Å². The number of hydrogen-bond donors (Lipinski definition) is 2. The van der Waals surface area contributed by atoms with Crippen molar-refractivity contribution >= 4 is 108 Å². The second-order valence-corrected chi connectivity index (χ2v) is 58.9. The lowest BCUT2D eigenvalue weighted by atomic mass is 9.60. The average molecular weight is 2030 g/mol. The van der Waals surface area contributed by atoms with E-state index in [1.807, 2.05) is 13.8 Å². The van der Waals surface area contributed by atoms with Crippen LogP contribution in [0, 0.1) is 55.2 Å². The van der Waals surface area contributed by atoms with Crippen LogP contribution in [0.5, 0.6) is 0 Å². The highest BCUT2D eigenvalue weighted by Gasteiger charge is 2.57. The number of aliphatic hydroxyl groups excluding tert-OH is 1. The van der Waals surface area contributed by atoms with Gasteiger partial charge in [0.25, 0.3) is 0 Å². The van der Waals surface area contributed by atoms with Crippen molar-refractivity contribution in [2.24, 2.45) is 55.2 Å². The molecule has 139 heavy (non-hydrogen) atoms. The topological polar surface area (TPSA) is 437 Å². The van der Waals surface area contributed by atoms with Gasteiger partial charge in [-0.15, -0.1) is 0 Å². The van der Waals surface area contributed by atoms with E-state index in [1.54, 1.807) is 58.0 Å². The van der Waals surface area contributed by atoms with Crippen LogP contribution in [0.3, 0.4) is 0 Å². The van der Waals surface area contributed by atoms with Gasteiger partial charge < -0.3 is 95.7 Å². The minimum absolute atomic E-state index is 0.0142. The second-order valence-electron chi connectivity index (χ2n) is 42.6. The zero-order valence-corrected chi connectivity index (χ0v) is 91.9. The number of methoxy groups -OCH3 is 1. The first-order valence-corrected chi connectivity index (χ1v) is 59.8. The van der Waals surface area contributed by atoms with E-state index < -0.39 is 229 Å². The summed E-state index contributed by atoms with van der Waals surface area (Å²) in [6.45, 7) is 44.8. The summed E-state index contributed by atoms with van der Waals surface area (Å²) >= 11 is 0. The number of aliphatic hydroxyl groups is 1. The number of alkyl carbamates (subject to hydrolysis) is 1. The summed E-state index contributed by atoms with van der Waals surface area (Å²) in [7, 11) is -3.05. The standard InChI is InChI=1S/C102H175NO33Si3/c1-27-32-62-137(21,22)74-95(10,11)73-123-52-55-128-85(109)86(110)129-58-59-134-89(113)97(14,30-4)69-101(18,93(117)135-60-61-136-94(118)103-41-46-125-81(105)77(8)9)70-98(15,88(112)119-20)66-79(78-38-35-34-36-39-78)65-80(82(106)124-31-5)67-99(16,90(114)131-45-40-76(6)7)71-102(19,92(116)130-43-29-3)72-100(17,68-96(12,13)87(111)132-56-50-121-47-42-104)91(115)133-57-51-122-49-54-127-84(108)83(107)126-53-48-120-44-37-64-139(25,26)75-138(23,24)63-33-28-2/h34-36,38-39,76,79-80,104H,8,27-33,37,40-75H2,1-7,9-26H3,(H,103,118). The third-order valence-electron chi connectivity index (χ3n) is 24.5. The molecular weight excluding hydrogens is 1850 g/mol. The summed E-state index contributed by atoms with van der Waals surface area (Å²) < 4.78 is 101. The molecule has 2 N–H and O–H groups in total. The maximum Gasteiger partial charge on any atom is 0.417 e. The molecule has 0 aliphatic rings. The molecule has 0 spiro atoms. The fraction of sp³-hybridized carbons (Fsp3) is 0.784. The minimum Gasteiger partial charge on any atom is -0.469 e. The number of benzene rings is 1. The molecular formula is C102H175NO33Si3. The first-order valence-electron chi connectivity index (χ1n) is 49.6. The quantitative estimate of drug-likeness (QED) is 0.0153. The number of hydrogen-bond acceptors (Lipinski definition) is 33. The first-order chi connectivity index (χ1) is 64.9. The maximum atomic E-state index is 15.7. The van der Waals surface area contributed by atoms with Crippen LogP contribution in [0.2, 0.25) is 69.1 Å². The molecule has 0 heterocycles. The van der Waals surface area contributed by atoms with E-state index >= 15 is 28.8 Å². The van der Waals surface area contributed by atoms with E-state index in [4.69, 9.17) is 85.3 Å². The monoisotopic (exact) mass is 2030 g/mol. The number of esters is 13. The normalized spacial score (nSPS) is 15.0. The van der Waals surface area contributed by atoms with Crippen molar-refractivity contribution in [2.75, 3.05) is 159 Å². The molecule has 34 nitrogen and oxygen atoms in total. The molecule has 0 aliphatic heterocycles. The van der Waals surface area contributed by atoms with Gasteiger partial charge in [0.05, 0.1) is 130 Å². The number of rotatable bonds is 75. The van der Waals surface area contributed by atoms with Gasteiger partial charge in [0, 0.05) is 36.4 Å². The first kappa shape index (κ1) is 129. The third kappa shape index (κ3) is 51.0. The highest BCUT2D eigenvalue weighted by molar-refractivity contribution is 6.95. The van der Waals surface area contributed by atoms with Gasteiger partial charge in [0.15, 0.2) is 0 Å². The lowest BCUT2D eigenvalue weighted by Crippen LogP contribution is -2.48. The van der Waals surface area contributed by atoms with Crippen molar-refractivity contribution in [2.45, 2.75) is 302 Å². The largest absolute Gasteiger partial charge is 0.469 e. The van der Waals surface area contributed by atoms with Gasteiger partial charge in [0.2, 0.25) is 0 Å². The SMILES string of the molecule is C=C(C)C(=O)OCCNC(=O)OCCOC(=O)C(C)(CC(C)(CC(CC(CC(C)(CC(C)(CC(C)(CC(C)(C)C(=O)OCCOCCO)C(=O)OCCOCCOC(=O)C(=O)OCCOCCC[Si](C)(C)C[Si](C)(C)CCCC)C(=O)OCCC)C(=O)OCCC(C)C)C(=O)OCC)c1ccccc1)C(=O)OC)CC(C)(CC)C(=O)OCCOC(=O)C(=O)OCCOCC(C)(C)C[Si](C)(C)CCCC. The van der Waals surface area contributed by atoms with Gasteiger partial charge in [0.1, 0.15) is 66.1 Å². The van der Waals surface area contributed by atoms with Gasteiger partial charge >= 0.3 is 83.7 Å². The van der Waals surface area contributed by atoms with Crippen LogP contribution in [0.15, 0.2) is 42.5 Å². The predicted molar refractivity (Wildman–Crippen MR) is 530 cm³/mol. The fourth-order valence-electron chi connectivity index (χ4n) is 18.6. The van der Waals surface area contributed by atoms with Crippen LogP contribution < -0.4 is 5.32 Å². The Morgan fingerprint density at radius 2 is 0.799 bits per heavy atom. The van der Waals surface area contributed by atoms with Crippen molar-refractivity contribution in [3.63, 3.8) is 0 Å². The second kappa shape index (κ2) is 64.4. The van der Waals surface area contributed by atoms with E-state index in [0.29, 0.717) is 31.6 Å². The van der Waals surface area contributed by atoms with E-state index in [-0.39, 0.29) is 142 Å². The number of carbonyl (C=O) groups excluding carboxylic acids is 14. The Hall–Kier alpha value is -8.21. The van der Waals surface area contributed by atoms with Crippen molar-refractivity contribution in [1.29, 1.82) is 0 Å². The molecule has 8 atom stereocenters. The summed E-state index contributed by atoms with van der Waals surface area (Å²) in [4.78, 5) is 197. The average Bonchev–Trinajstić information content (AvgIpc) is 0.767. The zero-order chi connectivity index (χ0) is 106. The molecule has 0 bridgehead atoms. The zero-order valence-electron chi connectivity index (χ0n) is 88.9. The Labute approximate surface area is 831 Å². The molecule has 37 heteroatoms. The fourth-order valence-corrected chi connectivity index (χ4v) is 37.0. The molecule has 0 aromatic heterocycles. The molecule has 0 radical (unpaired) electrons. The summed E-state index contributed by atoms with van der Waals surface area (Å²) in [6, 6.07) is 13.4. The Morgan fingerprint density at radius 3 is 1.27 bits per heavy atom. The van der Waals surface area contributed by atoms with Crippen LogP contribution in [0.1, 0.15) is 239 Å². The van der Waals surface area contributed by atoms with Gasteiger partial charge in [-0.1, -0.05) is 187 Å². The molecule has 1 aromatic carbocycles. The molecule has 1 aromatic rings. The predicted octanol–water partition coefficient (Wildman–Crippen LogP) is 16.2. The van der Waals surface area contributed by atoms with Gasteiger partial charge in [-0.3, -0.25) is 38.4 Å². The summed E-state index contributed by atoms with van der Waals surface area (Å²) in [5.74, 6) is -15.1. The van der Waals surface area contributed by atoms with Gasteiger partial charge in [-0.25, -0.2) is 28.8 Å². The Balaban J connectivity index is 4.13. The van der Waals surface area contributed by atoms with E-state index in [2.05, 4.69) is 78.9 Å². The van der Waals surface area contributed by atoms with Gasteiger partial charge in [-0.05, 0) is 169 Å². The smallest absolute Gasteiger partial charge is 0.417 e. The molecule has 1 rings (SSSR count). The molecule has 8 unspecified atom stereocenters. The Kier molecular flexibility index (Phi) is 59.7. The van der Waals surface area contributed by atoms with Crippen LogP contribution >= 0.6 is 0 Å². The molecule has 1 amide bonds. The molecule has 0 fully saturated rings. The number of nitrogens with one attached hydrogen (secondary N) is 1. The molecule has 0 aliphatic carbocycles. The lowest BCUT2D eigenvalue weighted by Gasteiger charge is -2.43. The summed E-state index contributed by atoms with van der Waals surface area (Å²) in [5.41, 5.74) is -10.8. The van der Waals surface area contributed by atoms with E-state index in [1.165, 1.54) is 92.4 Å². The van der Waals surface area contributed by atoms with Crippen molar-refractivity contribution in [3.05, 3.63) is 48.0 Å². The van der Waals surface area contributed by atoms with Crippen molar-refractivity contribution in [3.8, 4) is 0 Å². The highest BCUT2D eigenvalue weighted by Crippen LogP contribution is 2.54. The highest BCUT2D eigenvalue weighted by atomic mass is 28.4.